The van der Waals surface area contributed by atoms with Crippen molar-refractivity contribution >= 4 is 15.7 Å². The molecule has 0 radical (unpaired) electrons. The number of rotatable bonds is 6. The van der Waals surface area contributed by atoms with Crippen LogP contribution >= 0.6 is 0 Å². The second-order valence-corrected chi connectivity index (χ2v) is 9.79. The third-order valence-corrected chi connectivity index (χ3v) is 6.49. The summed E-state index contributed by atoms with van der Waals surface area (Å²) in [6.45, 7) is 4.19. The van der Waals surface area contributed by atoms with Gasteiger partial charge in [-0.15, -0.1) is 0 Å². The van der Waals surface area contributed by atoms with Gasteiger partial charge in [0.2, 0.25) is 5.91 Å². The fourth-order valence-electron chi connectivity index (χ4n) is 3.68. The molecule has 1 N–H and O–H groups in total. The summed E-state index contributed by atoms with van der Waals surface area (Å²) < 4.78 is 36.2. The van der Waals surface area contributed by atoms with E-state index in [0.717, 1.165) is 30.5 Å². The summed E-state index contributed by atoms with van der Waals surface area (Å²) >= 11 is 0. The highest BCUT2D eigenvalue weighted by atomic mass is 32.2. The van der Waals surface area contributed by atoms with Crippen LogP contribution in [0.3, 0.4) is 0 Å². The molecule has 0 spiro atoms. The van der Waals surface area contributed by atoms with Crippen molar-refractivity contribution in [1.82, 2.24) is 10.2 Å². The second-order valence-electron chi connectivity index (χ2n) is 7.77. The first-order valence-corrected chi connectivity index (χ1v) is 11.7. The molecule has 0 saturated carbocycles. The Labute approximate surface area is 171 Å². The van der Waals surface area contributed by atoms with Gasteiger partial charge in [-0.25, -0.2) is 12.8 Å². The number of hydrogen-bond donors (Lipinski definition) is 1. The lowest BCUT2D eigenvalue weighted by Crippen LogP contribution is -2.43. The molecule has 1 saturated heterocycles. The minimum atomic E-state index is -3.23. The number of sulfone groups is 1. The van der Waals surface area contributed by atoms with Crippen molar-refractivity contribution < 1.29 is 17.6 Å². The predicted octanol–water partition coefficient (Wildman–Crippen LogP) is 3.32. The van der Waals surface area contributed by atoms with Gasteiger partial charge in [-0.2, -0.15) is 0 Å². The van der Waals surface area contributed by atoms with Gasteiger partial charge in [0.25, 0.3) is 0 Å². The maximum atomic E-state index is 13.1. The molecule has 1 fully saturated rings. The normalized spacial score (nSPS) is 18.9. The monoisotopic (exact) mass is 418 g/mol. The van der Waals surface area contributed by atoms with E-state index in [4.69, 9.17) is 0 Å². The van der Waals surface area contributed by atoms with Gasteiger partial charge in [-0.3, -0.25) is 9.69 Å². The highest BCUT2D eigenvalue weighted by molar-refractivity contribution is 7.90. The Balaban J connectivity index is 1.57. The van der Waals surface area contributed by atoms with Crippen LogP contribution < -0.4 is 5.32 Å². The molecule has 0 bridgehead atoms. The molecule has 2 aromatic carbocycles. The number of halogens is 1. The van der Waals surface area contributed by atoms with E-state index >= 15 is 0 Å². The molecule has 1 aliphatic rings. The summed E-state index contributed by atoms with van der Waals surface area (Å²) in [4.78, 5) is 15.3. The van der Waals surface area contributed by atoms with Crippen molar-refractivity contribution in [2.75, 3.05) is 19.3 Å². The van der Waals surface area contributed by atoms with Crippen molar-refractivity contribution in [3.63, 3.8) is 0 Å². The smallest absolute Gasteiger partial charge is 0.224 e. The lowest BCUT2D eigenvalue weighted by atomic mass is 9.96. The topological polar surface area (TPSA) is 66.5 Å². The van der Waals surface area contributed by atoms with Crippen LogP contribution in [0.1, 0.15) is 36.9 Å². The van der Waals surface area contributed by atoms with E-state index in [9.17, 15) is 17.6 Å². The average molecular weight is 419 g/mol. The lowest BCUT2D eigenvalue weighted by molar-refractivity contribution is -0.127. The number of amides is 1. The number of carbonyl (C=O) groups excluding carboxylic acids is 1. The first-order valence-electron chi connectivity index (χ1n) is 9.79. The molecule has 7 heteroatoms. The molecule has 1 aliphatic heterocycles. The molecule has 3 rings (SSSR count). The van der Waals surface area contributed by atoms with Crippen molar-refractivity contribution in [2.24, 2.45) is 5.92 Å². The summed E-state index contributed by atoms with van der Waals surface area (Å²) in [6.07, 6.45) is 2.95. The van der Waals surface area contributed by atoms with Crippen molar-refractivity contribution in [1.29, 1.82) is 0 Å². The molecular formula is C22H27FN2O3S. The van der Waals surface area contributed by atoms with Crippen LogP contribution in [0.25, 0.3) is 0 Å². The molecule has 2 aromatic rings. The zero-order valence-corrected chi connectivity index (χ0v) is 17.6. The van der Waals surface area contributed by atoms with Gasteiger partial charge < -0.3 is 5.32 Å². The van der Waals surface area contributed by atoms with Gasteiger partial charge >= 0.3 is 0 Å². The number of hydrogen-bond acceptors (Lipinski definition) is 4. The van der Waals surface area contributed by atoms with Gasteiger partial charge in [0.05, 0.1) is 16.9 Å². The van der Waals surface area contributed by atoms with Crippen LogP contribution in [0.15, 0.2) is 53.4 Å². The van der Waals surface area contributed by atoms with Crippen LogP contribution in [-0.4, -0.2) is 38.6 Å². The molecule has 0 unspecified atom stereocenters. The van der Waals surface area contributed by atoms with Crippen LogP contribution in [0.2, 0.25) is 0 Å². The molecule has 29 heavy (non-hydrogen) atoms. The van der Waals surface area contributed by atoms with E-state index in [1.165, 1.54) is 18.4 Å². The highest BCUT2D eigenvalue weighted by Crippen LogP contribution is 2.21. The second kappa shape index (κ2) is 9.05. The fourth-order valence-corrected chi connectivity index (χ4v) is 4.31. The Kier molecular flexibility index (Phi) is 6.70. The number of benzene rings is 2. The zero-order chi connectivity index (χ0) is 21.0. The molecule has 5 nitrogen and oxygen atoms in total. The molecule has 0 aromatic heterocycles. The van der Waals surface area contributed by atoms with Gasteiger partial charge in [0.15, 0.2) is 9.84 Å². The number of carbonyl (C=O) groups is 1. The lowest BCUT2D eigenvalue weighted by Gasteiger charge is -2.32. The molecule has 0 aliphatic carbocycles. The van der Waals surface area contributed by atoms with Gasteiger partial charge in [0, 0.05) is 19.3 Å². The van der Waals surface area contributed by atoms with Crippen molar-refractivity contribution in [3.05, 3.63) is 65.5 Å². The first-order chi connectivity index (χ1) is 13.7. The van der Waals surface area contributed by atoms with E-state index < -0.39 is 9.84 Å². The average Bonchev–Trinajstić information content (AvgIpc) is 2.69. The van der Waals surface area contributed by atoms with Gasteiger partial charge in [-0.1, -0.05) is 24.3 Å². The Hall–Kier alpha value is -2.25. The van der Waals surface area contributed by atoms with E-state index in [2.05, 4.69) is 10.2 Å². The summed E-state index contributed by atoms with van der Waals surface area (Å²) in [5, 5.41) is 3.05. The largest absolute Gasteiger partial charge is 0.349 e. The summed E-state index contributed by atoms with van der Waals surface area (Å²) in [6, 6.07) is 12.9. The highest BCUT2D eigenvalue weighted by Gasteiger charge is 2.26. The van der Waals surface area contributed by atoms with Crippen molar-refractivity contribution in [3.8, 4) is 0 Å². The molecule has 156 valence electrons. The third kappa shape index (κ3) is 5.87. The van der Waals surface area contributed by atoms with E-state index in [-0.39, 0.29) is 28.6 Å². The zero-order valence-electron chi connectivity index (χ0n) is 16.8. The quantitative estimate of drug-likeness (QED) is 0.782. The summed E-state index contributed by atoms with van der Waals surface area (Å²) in [7, 11) is -3.23. The summed E-state index contributed by atoms with van der Waals surface area (Å²) in [5.41, 5.74) is 1.90. The Bertz CT molecular complexity index is 943. The van der Waals surface area contributed by atoms with E-state index in [0.29, 0.717) is 13.1 Å². The van der Waals surface area contributed by atoms with E-state index in [1.807, 2.05) is 6.92 Å². The van der Waals surface area contributed by atoms with Crippen LogP contribution in [0.4, 0.5) is 4.39 Å². The SMILES string of the molecule is C[C@H](NC(=O)[C@@H]1CCCN(Cc2ccc(F)cc2)C1)c1ccc(S(C)(=O)=O)cc1. The standard InChI is InChI=1S/C22H27FN2O3S/c1-16(18-7-11-21(12-8-18)29(2,27)28)24-22(26)19-4-3-13-25(15-19)14-17-5-9-20(23)10-6-17/h5-12,16,19H,3-4,13-15H2,1-2H3,(H,24,26)/t16-,19+/m0/s1. The minimum absolute atomic E-state index is 0.00787. The number of nitrogens with one attached hydrogen (secondary N) is 1. The van der Waals surface area contributed by atoms with Gasteiger partial charge in [-0.05, 0) is 61.7 Å². The van der Waals surface area contributed by atoms with Crippen LogP contribution in [0, 0.1) is 11.7 Å². The first kappa shape index (κ1) is 21.5. The maximum Gasteiger partial charge on any atom is 0.224 e. The van der Waals surface area contributed by atoms with Gasteiger partial charge in [0.1, 0.15) is 5.82 Å². The molecule has 1 amide bonds. The Morgan fingerprint density at radius 1 is 1.17 bits per heavy atom. The maximum absolute atomic E-state index is 13.1. The Morgan fingerprint density at radius 3 is 2.45 bits per heavy atom. The molecule has 1 heterocycles. The number of likely N-dealkylation sites (tertiary alicyclic amines) is 1. The van der Waals surface area contributed by atoms with Crippen LogP contribution in [-0.2, 0) is 21.2 Å². The summed E-state index contributed by atoms with van der Waals surface area (Å²) in [5.74, 6) is -0.335. The Morgan fingerprint density at radius 2 is 1.83 bits per heavy atom. The van der Waals surface area contributed by atoms with Crippen molar-refractivity contribution in [2.45, 2.75) is 37.2 Å². The molecule has 2 atom stereocenters. The van der Waals surface area contributed by atoms with Crippen LogP contribution in [0.5, 0.6) is 0 Å². The third-order valence-electron chi connectivity index (χ3n) is 5.36. The predicted molar refractivity (Wildman–Crippen MR) is 111 cm³/mol. The van der Waals surface area contributed by atoms with E-state index in [1.54, 1.807) is 36.4 Å². The fraction of sp³-hybridized carbons (Fsp3) is 0.409. The minimum Gasteiger partial charge on any atom is -0.349 e. The number of piperidine rings is 1. The number of nitrogens with zero attached hydrogens (tertiary/aromatic N) is 1. The molecular weight excluding hydrogens is 391 g/mol.